The van der Waals surface area contributed by atoms with Crippen LogP contribution in [0, 0.1) is 0 Å². The lowest BCUT2D eigenvalue weighted by Crippen LogP contribution is -2.29. The molecule has 7 heteroatoms. The number of fused-ring (bicyclic) bond motifs is 1. The molecule has 0 amide bonds. The highest BCUT2D eigenvalue weighted by molar-refractivity contribution is 8.14. The minimum absolute atomic E-state index is 0.00195. The lowest BCUT2D eigenvalue weighted by molar-refractivity contribution is 0.301. The summed E-state index contributed by atoms with van der Waals surface area (Å²) in [6, 6.07) is 9.76. The summed E-state index contributed by atoms with van der Waals surface area (Å²) in [5.41, 5.74) is 1.98. The van der Waals surface area contributed by atoms with Gasteiger partial charge in [-0.2, -0.15) is 0 Å². The quantitative estimate of drug-likeness (QED) is 0.782. The first-order chi connectivity index (χ1) is 13.2. The Kier molecular flexibility index (Phi) is 4.86. The van der Waals surface area contributed by atoms with Gasteiger partial charge in [-0.1, -0.05) is 24.8 Å². The van der Waals surface area contributed by atoms with Gasteiger partial charge in [-0.05, 0) is 18.2 Å². The van der Waals surface area contributed by atoms with Crippen LogP contribution >= 0.6 is 11.8 Å². The van der Waals surface area contributed by atoms with Crippen molar-refractivity contribution in [2.24, 2.45) is 4.99 Å². The van der Waals surface area contributed by atoms with E-state index in [0.29, 0.717) is 16.7 Å². The molecule has 27 heavy (non-hydrogen) atoms. The first kappa shape index (κ1) is 18.0. The maximum Gasteiger partial charge on any atom is 0.164 e. The number of nitrogens with zero attached hydrogens (tertiary/aromatic N) is 3. The summed E-state index contributed by atoms with van der Waals surface area (Å²) >= 11 is 1.82. The number of methoxy groups -OCH3 is 3. The van der Waals surface area contributed by atoms with Crippen molar-refractivity contribution in [3.63, 3.8) is 0 Å². The second-order valence-corrected chi connectivity index (χ2v) is 7.99. The Labute approximate surface area is 163 Å². The average molecular weight is 385 g/mol. The van der Waals surface area contributed by atoms with E-state index in [2.05, 4.69) is 16.8 Å². The number of benzene rings is 1. The Hall–Kier alpha value is -2.41. The molecular formula is C20H23N3O3S. The largest absolute Gasteiger partial charge is 0.496 e. The molecule has 0 aliphatic carbocycles. The van der Waals surface area contributed by atoms with Crippen molar-refractivity contribution in [2.75, 3.05) is 27.9 Å². The van der Waals surface area contributed by atoms with Crippen molar-refractivity contribution in [3.8, 4) is 17.2 Å². The zero-order chi connectivity index (χ0) is 19.0. The maximum absolute atomic E-state index is 5.72. The van der Waals surface area contributed by atoms with E-state index in [1.54, 1.807) is 21.3 Å². The molecular weight excluding hydrogens is 362 g/mol. The lowest BCUT2D eigenvalue weighted by Gasteiger charge is -2.29. The fourth-order valence-corrected chi connectivity index (χ4v) is 4.83. The van der Waals surface area contributed by atoms with Gasteiger partial charge in [0.25, 0.3) is 0 Å². The van der Waals surface area contributed by atoms with Crippen LogP contribution in [0.25, 0.3) is 0 Å². The van der Waals surface area contributed by atoms with Crippen LogP contribution in [0.5, 0.6) is 17.2 Å². The van der Waals surface area contributed by atoms with E-state index < -0.39 is 0 Å². The summed E-state index contributed by atoms with van der Waals surface area (Å²) in [7, 11) is 4.95. The van der Waals surface area contributed by atoms with Crippen molar-refractivity contribution >= 4 is 16.9 Å². The Morgan fingerprint density at radius 2 is 1.78 bits per heavy atom. The van der Waals surface area contributed by atoms with Crippen LogP contribution in [0.4, 0.5) is 0 Å². The first-order valence-electron chi connectivity index (χ1n) is 8.88. The second kappa shape index (κ2) is 7.31. The predicted octanol–water partition coefficient (Wildman–Crippen LogP) is 3.70. The third-order valence-electron chi connectivity index (χ3n) is 4.94. The normalized spacial score (nSPS) is 23.8. The van der Waals surface area contributed by atoms with E-state index >= 15 is 0 Å². The molecule has 0 unspecified atom stereocenters. The molecule has 0 bridgehead atoms. The molecule has 3 heterocycles. The van der Waals surface area contributed by atoms with Crippen LogP contribution in [-0.2, 0) is 0 Å². The van der Waals surface area contributed by atoms with E-state index in [-0.39, 0.29) is 12.1 Å². The van der Waals surface area contributed by atoms with Crippen LogP contribution < -0.4 is 14.2 Å². The third kappa shape index (κ3) is 3.10. The van der Waals surface area contributed by atoms with Crippen molar-refractivity contribution in [1.29, 1.82) is 0 Å². The van der Waals surface area contributed by atoms with Crippen LogP contribution in [0.15, 0.2) is 41.5 Å². The van der Waals surface area contributed by atoms with E-state index in [9.17, 15) is 0 Å². The van der Waals surface area contributed by atoms with Crippen LogP contribution in [0.3, 0.4) is 0 Å². The van der Waals surface area contributed by atoms with Gasteiger partial charge < -0.3 is 19.1 Å². The number of rotatable bonds is 5. The predicted molar refractivity (Wildman–Crippen MR) is 107 cm³/mol. The van der Waals surface area contributed by atoms with Gasteiger partial charge >= 0.3 is 0 Å². The molecule has 1 saturated heterocycles. The van der Waals surface area contributed by atoms with Gasteiger partial charge in [0.1, 0.15) is 11.8 Å². The lowest BCUT2D eigenvalue weighted by atomic mass is 9.95. The van der Waals surface area contributed by atoms with Gasteiger partial charge in [-0.25, -0.2) is 0 Å². The number of hydrogen-bond donors (Lipinski definition) is 0. The molecule has 142 valence electrons. The van der Waals surface area contributed by atoms with Crippen molar-refractivity contribution < 1.29 is 14.2 Å². The van der Waals surface area contributed by atoms with Gasteiger partial charge in [0, 0.05) is 29.6 Å². The summed E-state index contributed by atoms with van der Waals surface area (Å²) in [6.07, 6.45) is 1.82. The van der Waals surface area contributed by atoms with Crippen LogP contribution in [0.1, 0.15) is 30.3 Å². The summed E-state index contributed by atoms with van der Waals surface area (Å²) in [4.78, 5) is 12.0. The summed E-state index contributed by atoms with van der Waals surface area (Å²) < 4.78 is 16.7. The maximum atomic E-state index is 5.72. The highest BCUT2D eigenvalue weighted by atomic mass is 32.2. The van der Waals surface area contributed by atoms with Crippen molar-refractivity contribution in [1.82, 2.24) is 9.88 Å². The average Bonchev–Trinajstić information content (AvgIpc) is 3.23. The summed E-state index contributed by atoms with van der Waals surface area (Å²) in [5, 5.41) is 1.57. The van der Waals surface area contributed by atoms with E-state index in [1.165, 1.54) is 0 Å². The van der Waals surface area contributed by atoms with E-state index in [4.69, 9.17) is 19.2 Å². The smallest absolute Gasteiger partial charge is 0.164 e. The number of hydrogen-bond acceptors (Lipinski definition) is 7. The van der Waals surface area contributed by atoms with Crippen molar-refractivity contribution in [2.45, 2.75) is 24.3 Å². The Morgan fingerprint density at radius 1 is 1.04 bits per heavy atom. The molecule has 0 radical (unpaired) electrons. The zero-order valence-electron chi connectivity index (χ0n) is 15.9. The van der Waals surface area contributed by atoms with Gasteiger partial charge in [0.05, 0.1) is 33.1 Å². The number of pyridine rings is 1. The molecule has 2 aliphatic rings. The second-order valence-electron chi connectivity index (χ2n) is 6.59. The molecule has 0 spiro atoms. The molecule has 3 atom stereocenters. The minimum Gasteiger partial charge on any atom is -0.496 e. The SMILES string of the molecule is COc1cc(OC)c([C@@H]2[C@H](c3ccccn3)N=C3S[C@@H](C)CN32)cc1OC. The van der Waals surface area contributed by atoms with Gasteiger partial charge in [-0.15, -0.1) is 0 Å². The number of aromatic nitrogens is 1. The Balaban J connectivity index is 1.84. The monoisotopic (exact) mass is 385 g/mol. The molecule has 1 aromatic carbocycles. The molecule has 1 aromatic heterocycles. The highest BCUT2D eigenvalue weighted by Gasteiger charge is 2.44. The van der Waals surface area contributed by atoms with Crippen LogP contribution in [-0.4, -0.2) is 48.2 Å². The topological polar surface area (TPSA) is 56.2 Å². The van der Waals surface area contributed by atoms with E-state index in [1.807, 2.05) is 48.3 Å². The first-order valence-corrected chi connectivity index (χ1v) is 9.76. The number of ether oxygens (including phenoxy) is 3. The molecule has 1 fully saturated rings. The number of aliphatic imine (C=N–C) groups is 1. The molecule has 6 nitrogen and oxygen atoms in total. The summed E-state index contributed by atoms with van der Waals surface area (Å²) in [5.74, 6) is 2.09. The molecule has 0 saturated carbocycles. The van der Waals surface area contributed by atoms with Gasteiger partial charge in [0.2, 0.25) is 0 Å². The molecule has 4 rings (SSSR count). The van der Waals surface area contributed by atoms with Gasteiger partial charge in [-0.3, -0.25) is 9.98 Å². The molecule has 2 aliphatic heterocycles. The number of amidine groups is 1. The fourth-order valence-electron chi connectivity index (χ4n) is 3.74. The number of thioether (sulfide) groups is 1. The van der Waals surface area contributed by atoms with E-state index in [0.717, 1.165) is 28.7 Å². The Bertz CT molecular complexity index is 859. The van der Waals surface area contributed by atoms with Gasteiger partial charge in [0.15, 0.2) is 16.7 Å². The molecule has 0 N–H and O–H groups in total. The summed E-state index contributed by atoms with van der Waals surface area (Å²) in [6.45, 7) is 3.17. The Morgan fingerprint density at radius 3 is 2.44 bits per heavy atom. The third-order valence-corrected chi connectivity index (χ3v) is 6.04. The van der Waals surface area contributed by atoms with Crippen LogP contribution in [0.2, 0.25) is 0 Å². The fraction of sp³-hybridized carbons (Fsp3) is 0.400. The zero-order valence-corrected chi connectivity index (χ0v) is 16.7. The minimum atomic E-state index is -0.0896. The molecule has 2 aromatic rings. The highest BCUT2D eigenvalue weighted by Crippen LogP contribution is 2.51. The standard InChI is InChI=1S/C20H23N3O3S/c1-12-11-23-19(13-9-16(25-3)17(26-4)10-15(13)24-2)18(22-20(23)27-12)14-7-5-6-8-21-14/h5-10,12,18-19H,11H2,1-4H3/t12-,18-,19+/m0/s1. The van der Waals surface area contributed by atoms with Crippen molar-refractivity contribution in [3.05, 3.63) is 47.8 Å².